The molecule has 3 rings (SSSR count). The summed E-state index contributed by atoms with van der Waals surface area (Å²) in [5, 5.41) is 11.7. The molecule has 0 amide bonds. The Morgan fingerprint density at radius 1 is 1.17 bits per heavy atom. The van der Waals surface area contributed by atoms with Crippen LogP contribution in [-0.4, -0.2) is 4.92 Å². The lowest BCUT2D eigenvalue weighted by atomic mass is 10.1. The lowest BCUT2D eigenvalue weighted by molar-refractivity contribution is -0.385. The van der Waals surface area contributed by atoms with Gasteiger partial charge in [-0.25, -0.2) is 4.79 Å². The van der Waals surface area contributed by atoms with Gasteiger partial charge in [-0.05, 0) is 37.1 Å². The molecule has 0 N–H and O–H groups in total. The molecule has 1 atom stereocenters. The Labute approximate surface area is 137 Å². The van der Waals surface area contributed by atoms with Crippen LogP contribution < -0.4 is 10.4 Å². The van der Waals surface area contributed by atoms with Crippen molar-refractivity contribution in [2.24, 2.45) is 0 Å². The fourth-order valence-electron chi connectivity index (χ4n) is 2.54. The average Bonchev–Trinajstić information content (AvgIpc) is 2.54. The highest BCUT2D eigenvalue weighted by Crippen LogP contribution is 2.27. The normalized spacial score (nSPS) is 12.1. The second kappa shape index (κ2) is 6.16. The van der Waals surface area contributed by atoms with Crippen LogP contribution in [0.15, 0.2) is 57.7 Å². The number of ether oxygens (including phenoxy) is 1. The number of nitrogens with zero attached hydrogens (tertiary/aromatic N) is 1. The number of nitro groups is 1. The van der Waals surface area contributed by atoms with Gasteiger partial charge in [0.25, 0.3) is 5.69 Å². The molecule has 0 unspecified atom stereocenters. The summed E-state index contributed by atoms with van der Waals surface area (Å²) in [6.45, 7) is 3.64. The molecular formula is C18H15NO5. The van der Waals surface area contributed by atoms with E-state index in [2.05, 4.69) is 0 Å². The molecule has 24 heavy (non-hydrogen) atoms. The minimum absolute atomic E-state index is 0.0167. The lowest BCUT2D eigenvalue weighted by Gasteiger charge is -2.15. The highest BCUT2D eigenvalue weighted by Gasteiger charge is 2.13. The molecule has 0 aliphatic rings. The maximum Gasteiger partial charge on any atom is 0.336 e. The van der Waals surface area contributed by atoms with Crippen LogP contribution in [0.1, 0.15) is 24.2 Å². The number of benzene rings is 2. The summed E-state index contributed by atoms with van der Waals surface area (Å²) in [5.74, 6) is 0.523. The second-order valence-corrected chi connectivity index (χ2v) is 5.52. The van der Waals surface area contributed by atoms with Crippen molar-refractivity contribution in [3.05, 3.63) is 80.2 Å². The molecule has 0 fully saturated rings. The quantitative estimate of drug-likeness (QED) is 0.409. The van der Waals surface area contributed by atoms with Gasteiger partial charge in [0.2, 0.25) is 0 Å². The second-order valence-electron chi connectivity index (χ2n) is 5.52. The molecule has 3 aromatic rings. The van der Waals surface area contributed by atoms with E-state index in [1.165, 1.54) is 18.2 Å². The van der Waals surface area contributed by atoms with E-state index in [1.54, 1.807) is 31.2 Å². The van der Waals surface area contributed by atoms with E-state index in [9.17, 15) is 14.9 Å². The maximum absolute atomic E-state index is 11.5. The number of hydrogen-bond donors (Lipinski definition) is 0. The molecule has 0 bridgehead atoms. The molecule has 1 heterocycles. The Balaban J connectivity index is 1.90. The van der Waals surface area contributed by atoms with Crippen molar-refractivity contribution in [3.63, 3.8) is 0 Å². The molecule has 0 radical (unpaired) electrons. The smallest absolute Gasteiger partial charge is 0.336 e. The van der Waals surface area contributed by atoms with Crippen LogP contribution in [0, 0.1) is 17.0 Å². The summed E-state index contributed by atoms with van der Waals surface area (Å²) in [4.78, 5) is 21.9. The van der Waals surface area contributed by atoms with E-state index in [0.717, 1.165) is 10.9 Å². The number of aryl methyl sites for hydroxylation is 1. The molecule has 0 saturated carbocycles. The largest absolute Gasteiger partial charge is 0.486 e. The van der Waals surface area contributed by atoms with Gasteiger partial charge in [-0.3, -0.25) is 10.1 Å². The zero-order valence-electron chi connectivity index (χ0n) is 13.2. The van der Waals surface area contributed by atoms with Gasteiger partial charge in [-0.1, -0.05) is 12.1 Å². The standard InChI is InChI=1S/C18H15NO5/c1-11-8-18(20)24-17-10-15(6-7-16(11)17)23-12(2)13-4-3-5-14(9-13)19(21)22/h3-10,12H,1-2H3/t12-/m0/s1. The topological polar surface area (TPSA) is 82.6 Å². The van der Waals surface area contributed by atoms with Gasteiger partial charge in [-0.15, -0.1) is 0 Å². The minimum Gasteiger partial charge on any atom is -0.486 e. The fraction of sp³-hybridized carbons (Fsp3) is 0.167. The van der Waals surface area contributed by atoms with Crippen molar-refractivity contribution >= 4 is 16.7 Å². The summed E-state index contributed by atoms with van der Waals surface area (Å²) >= 11 is 0. The molecule has 122 valence electrons. The van der Waals surface area contributed by atoms with E-state index >= 15 is 0 Å². The predicted octanol–water partition coefficient (Wildman–Crippen LogP) is 4.15. The molecule has 6 heteroatoms. The van der Waals surface area contributed by atoms with E-state index < -0.39 is 10.5 Å². The van der Waals surface area contributed by atoms with Gasteiger partial charge in [-0.2, -0.15) is 0 Å². The molecule has 0 saturated heterocycles. The van der Waals surface area contributed by atoms with Crippen molar-refractivity contribution in [2.45, 2.75) is 20.0 Å². The van der Waals surface area contributed by atoms with Crippen molar-refractivity contribution in [3.8, 4) is 5.75 Å². The SMILES string of the molecule is Cc1cc(=O)oc2cc(O[C@@H](C)c3cccc([N+](=O)[O-])c3)ccc12. The highest BCUT2D eigenvalue weighted by atomic mass is 16.6. The lowest BCUT2D eigenvalue weighted by Crippen LogP contribution is -2.04. The first-order valence-electron chi connectivity index (χ1n) is 7.39. The Hall–Kier alpha value is -3.15. The summed E-state index contributed by atoms with van der Waals surface area (Å²) in [6.07, 6.45) is -0.390. The third-order valence-electron chi connectivity index (χ3n) is 3.79. The Morgan fingerprint density at radius 3 is 2.71 bits per heavy atom. The molecule has 2 aromatic carbocycles. The van der Waals surface area contributed by atoms with Gasteiger partial charge in [0.05, 0.1) is 4.92 Å². The number of hydrogen-bond acceptors (Lipinski definition) is 5. The molecule has 0 spiro atoms. The van der Waals surface area contributed by atoms with Gasteiger partial charge in [0, 0.05) is 29.7 Å². The van der Waals surface area contributed by atoms with E-state index in [1.807, 2.05) is 13.0 Å². The van der Waals surface area contributed by atoms with E-state index in [4.69, 9.17) is 9.15 Å². The number of nitro benzene ring substituents is 1. The predicted molar refractivity (Wildman–Crippen MR) is 89.4 cm³/mol. The monoisotopic (exact) mass is 325 g/mol. The first-order chi connectivity index (χ1) is 11.4. The molecule has 0 aliphatic heterocycles. The van der Waals surface area contributed by atoms with Gasteiger partial charge in [0.15, 0.2) is 0 Å². The minimum atomic E-state index is -0.441. The summed E-state index contributed by atoms with van der Waals surface area (Å²) in [5.41, 5.74) is 1.57. The van der Waals surface area contributed by atoms with Crippen molar-refractivity contribution in [1.29, 1.82) is 0 Å². The molecule has 1 aromatic heterocycles. The first kappa shape index (κ1) is 15.7. The molecular weight excluding hydrogens is 310 g/mol. The zero-order chi connectivity index (χ0) is 17.3. The summed E-state index contributed by atoms with van der Waals surface area (Å²) < 4.78 is 11.0. The van der Waals surface area contributed by atoms with E-state index in [-0.39, 0.29) is 11.8 Å². The first-order valence-corrected chi connectivity index (χ1v) is 7.39. The van der Waals surface area contributed by atoms with Gasteiger partial charge in [0.1, 0.15) is 17.4 Å². The van der Waals surface area contributed by atoms with Crippen LogP contribution in [0.3, 0.4) is 0 Å². The Kier molecular flexibility index (Phi) is 4.04. The van der Waals surface area contributed by atoms with Crippen LogP contribution >= 0.6 is 0 Å². The summed E-state index contributed by atoms with van der Waals surface area (Å²) in [7, 11) is 0. The van der Waals surface area contributed by atoms with Crippen LogP contribution in [0.4, 0.5) is 5.69 Å². The summed E-state index contributed by atoms with van der Waals surface area (Å²) in [6, 6.07) is 13.0. The van der Waals surface area contributed by atoms with Crippen LogP contribution in [0.2, 0.25) is 0 Å². The number of rotatable bonds is 4. The third-order valence-corrected chi connectivity index (χ3v) is 3.79. The van der Waals surface area contributed by atoms with Gasteiger partial charge < -0.3 is 9.15 Å². The molecule has 6 nitrogen and oxygen atoms in total. The van der Waals surface area contributed by atoms with Crippen LogP contribution in [0.25, 0.3) is 11.0 Å². The Morgan fingerprint density at radius 2 is 1.96 bits per heavy atom. The van der Waals surface area contributed by atoms with Crippen molar-refractivity contribution in [2.75, 3.05) is 0 Å². The van der Waals surface area contributed by atoms with Crippen LogP contribution in [-0.2, 0) is 0 Å². The third kappa shape index (κ3) is 3.12. The number of non-ortho nitro benzene ring substituents is 1. The van der Waals surface area contributed by atoms with Crippen molar-refractivity contribution in [1.82, 2.24) is 0 Å². The maximum atomic E-state index is 11.5. The molecule has 0 aliphatic carbocycles. The van der Waals surface area contributed by atoms with Crippen LogP contribution in [0.5, 0.6) is 5.75 Å². The van der Waals surface area contributed by atoms with Crippen molar-refractivity contribution < 1.29 is 14.1 Å². The fourth-order valence-corrected chi connectivity index (χ4v) is 2.54. The highest BCUT2D eigenvalue weighted by molar-refractivity contribution is 5.81. The average molecular weight is 325 g/mol. The number of fused-ring (bicyclic) bond motifs is 1. The van der Waals surface area contributed by atoms with Gasteiger partial charge >= 0.3 is 5.63 Å². The zero-order valence-corrected chi connectivity index (χ0v) is 13.2. The Bertz CT molecular complexity index is 977. The van der Waals surface area contributed by atoms with E-state index in [0.29, 0.717) is 16.9 Å².